The van der Waals surface area contributed by atoms with Crippen molar-refractivity contribution in [3.8, 4) is 0 Å². The molecular weight excluding hydrogens is 286 g/mol. The molecule has 1 aromatic heterocycles. The summed E-state index contributed by atoms with van der Waals surface area (Å²) >= 11 is 6.17. The molecule has 21 heavy (non-hydrogen) atoms. The lowest BCUT2D eigenvalue weighted by Crippen LogP contribution is -2.41. The minimum atomic E-state index is 0.311. The third kappa shape index (κ3) is 3.23. The van der Waals surface area contributed by atoms with E-state index in [-0.39, 0.29) is 0 Å². The minimum Gasteiger partial charge on any atom is -0.338 e. The Morgan fingerprint density at radius 1 is 0.810 bits per heavy atom. The number of halogens is 1. The van der Waals surface area contributed by atoms with Gasteiger partial charge in [-0.15, -0.1) is 0 Å². The second-order valence-electron chi connectivity index (χ2n) is 6.28. The van der Waals surface area contributed by atoms with Gasteiger partial charge in [-0.3, -0.25) is 0 Å². The van der Waals surface area contributed by atoms with E-state index in [1.807, 2.05) is 0 Å². The summed E-state index contributed by atoms with van der Waals surface area (Å²) in [6, 6.07) is 0.952. The van der Waals surface area contributed by atoms with Crippen LogP contribution in [0.3, 0.4) is 0 Å². The summed E-state index contributed by atoms with van der Waals surface area (Å²) in [7, 11) is 0. The lowest BCUT2D eigenvalue weighted by atomic mass is 10.0. The first kappa shape index (κ1) is 14.8. The summed E-state index contributed by atoms with van der Waals surface area (Å²) in [5, 5.41) is 0.311. The molecular formula is C15H24ClN5. The fraction of sp³-hybridized carbons (Fsp3) is 0.800. The summed E-state index contributed by atoms with van der Waals surface area (Å²) in [6.45, 7) is 6.49. The first-order valence-corrected chi connectivity index (χ1v) is 8.48. The van der Waals surface area contributed by atoms with Crippen molar-refractivity contribution in [3.63, 3.8) is 0 Å². The van der Waals surface area contributed by atoms with Crippen LogP contribution in [0.15, 0.2) is 0 Å². The average molecular weight is 310 g/mol. The van der Waals surface area contributed by atoms with E-state index in [1.165, 1.54) is 38.5 Å². The van der Waals surface area contributed by atoms with Crippen LogP contribution in [-0.4, -0.2) is 40.1 Å². The molecule has 2 saturated heterocycles. The smallest absolute Gasteiger partial charge is 0.231 e. The molecule has 2 atom stereocenters. The van der Waals surface area contributed by atoms with Crippen LogP contribution in [0.1, 0.15) is 52.4 Å². The van der Waals surface area contributed by atoms with Crippen LogP contribution in [0.2, 0.25) is 5.28 Å². The number of hydrogen-bond donors (Lipinski definition) is 0. The SMILES string of the molecule is CC1CCCCN1c1nc(Cl)nc(N2CCCCC2C)n1. The molecule has 0 aliphatic carbocycles. The largest absolute Gasteiger partial charge is 0.338 e. The summed E-state index contributed by atoms with van der Waals surface area (Å²) in [4.78, 5) is 18.0. The van der Waals surface area contributed by atoms with Gasteiger partial charge in [-0.2, -0.15) is 15.0 Å². The Bertz CT molecular complexity index is 455. The second kappa shape index (κ2) is 6.34. The zero-order chi connectivity index (χ0) is 14.8. The predicted octanol–water partition coefficient (Wildman–Crippen LogP) is 3.28. The van der Waals surface area contributed by atoms with E-state index < -0.39 is 0 Å². The van der Waals surface area contributed by atoms with Gasteiger partial charge in [0.05, 0.1) is 0 Å². The average Bonchev–Trinajstić information content (AvgIpc) is 2.47. The number of piperidine rings is 2. The van der Waals surface area contributed by atoms with Gasteiger partial charge in [0.2, 0.25) is 17.2 Å². The molecule has 3 heterocycles. The maximum Gasteiger partial charge on any atom is 0.231 e. The molecule has 0 aromatic carbocycles. The Labute approximate surface area is 131 Å². The topological polar surface area (TPSA) is 45.2 Å². The molecule has 6 heteroatoms. The lowest BCUT2D eigenvalue weighted by Gasteiger charge is -2.36. The maximum atomic E-state index is 6.17. The molecule has 0 bridgehead atoms. The molecule has 0 N–H and O–H groups in total. The van der Waals surface area contributed by atoms with E-state index in [0.717, 1.165) is 25.0 Å². The highest BCUT2D eigenvalue weighted by Crippen LogP contribution is 2.26. The van der Waals surface area contributed by atoms with Crippen molar-refractivity contribution in [1.82, 2.24) is 15.0 Å². The fourth-order valence-corrected chi connectivity index (χ4v) is 3.53. The summed E-state index contributed by atoms with van der Waals surface area (Å²) < 4.78 is 0. The van der Waals surface area contributed by atoms with Crippen LogP contribution in [0.25, 0.3) is 0 Å². The third-order valence-corrected chi connectivity index (χ3v) is 4.87. The highest BCUT2D eigenvalue weighted by atomic mass is 35.5. The molecule has 0 spiro atoms. The summed E-state index contributed by atoms with van der Waals surface area (Å²) in [6.07, 6.45) is 7.35. The molecule has 3 rings (SSSR count). The van der Waals surface area contributed by atoms with E-state index >= 15 is 0 Å². The van der Waals surface area contributed by atoms with Gasteiger partial charge in [-0.25, -0.2) is 0 Å². The van der Waals surface area contributed by atoms with E-state index in [2.05, 4.69) is 33.6 Å². The highest BCUT2D eigenvalue weighted by molar-refractivity contribution is 6.28. The Hall–Kier alpha value is -1.10. The van der Waals surface area contributed by atoms with Gasteiger partial charge >= 0.3 is 0 Å². The molecule has 2 fully saturated rings. The second-order valence-corrected chi connectivity index (χ2v) is 6.62. The minimum absolute atomic E-state index is 0.311. The fourth-order valence-electron chi connectivity index (χ4n) is 3.38. The van der Waals surface area contributed by atoms with Crippen LogP contribution in [0, 0.1) is 0 Å². The molecule has 0 amide bonds. The quantitative estimate of drug-likeness (QED) is 0.839. The monoisotopic (exact) mass is 309 g/mol. The normalized spacial score (nSPS) is 27.0. The van der Waals surface area contributed by atoms with Crippen LogP contribution in [0.4, 0.5) is 11.9 Å². The lowest BCUT2D eigenvalue weighted by molar-refractivity contribution is 0.467. The Kier molecular flexibility index (Phi) is 4.48. The zero-order valence-corrected chi connectivity index (χ0v) is 13.7. The molecule has 2 aliphatic rings. The first-order valence-electron chi connectivity index (χ1n) is 8.10. The van der Waals surface area contributed by atoms with E-state index in [0.29, 0.717) is 17.4 Å². The van der Waals surface area contributed by atoms with E-state index in [4.69, 9.17) is 16.6 Å². The van der Waals surface area contributed by atoms with Gasteiger partial charge in [0.1, 0.15) is 0 Å². The first-order chi connectivity index (χ1) is 10.1. The van der Waals surface area contributed by atoms with Crippen molar-refractivity contribution in [3.05, 3.63) is 5.28 Å². The Balaban J connectivity index is 1.88. The van der Waals surface area contributed by atoms with Gasteiger partial charge in [0.15, 0.2) is 0 Å². The molecule has 2 unspecified atom stereocenters. The van der Waals surface area contributed by atoms with Crippen molar-refractivity contribution >= 4 is 23.5 Å². The molecule has 2 aliphatic heterocycles. The van der Waals surface area contributed by atoms with Gasteiger partial charge in [-0.1, -0.05) is 0 Å². The van der Waals surface area contributed by atoms with E-state index in [1.54, 1.807) is 0 Å². The van der Waals surface area contributed by atoms with Crippen molar-refractivity contribution in [2.75, 3.05) is 22.9 Å². The number of aromatic nitrogens is 3. The number of rotatable bonds is 2. The van der Waals surface area contributed by atoms with E-state index in [9.17, 15) is 0 Å². The number of nitrogens with zero attached hydrogens (tertiary/aromatic N) is 5. The molecule has 0 radical (unpaired) electrons. The summed E-state index contributed by atoms with van der Waals surface area (Å²) in [5.74, 6) is 1.49. The molecule has 1 aromatic rings. The van der Waals surface area contributed by atoms with Crippen LogP contribution < -0.4 is 9.80 Å². The van der Waals surface area contributed by atoms with Gasteiger partial charge in [0.25, 0.3) is 0 Å². The van der Waals surface area contributed by atoms with Crippen molar-refractivity contribution in [2.24, 2.45) is 0 Å². The van der Waals surface area contributed by atoms with Crippen LogP contribution >= 0.6 is 11.6 Å². The van der Waals surface area contributed by atoms with Gasteiger partial charge in [-0.05, 0) is 64.0 Å². The van der Waals surface area contributed by atoms with Crippen molar-refractivity contribution < 1.29 is 0 Å². The number of anilines is 2. The van der Waals surface area contributed by atoms with Crippen molar-refractivity contribution in [1.29, 1.82) is 0 Å². The zero-order valence-electron chi connectivity index (χ0n) is 12.9. The number of hydrogen-bond acceptors (Lipinski definition) is 5. The van der Waals surface area contributed by atoms with Gasteiger partial charge in [0, 0.05) is 25.2 Å². The maximum absolute atomic E-state index is 6.17. The molecule has 0 saturated carbocycles. The molecule has 5 nitrogen and oxygen atoms in total. The standard InChI is InChI=1S/C15H24ClN5/c1-11-7-3-5-9-20(11)14-17-13(16)18-15(19-14)21-10-6-4-8-12(21)2/h11-12H,3-10H2,1-2H3. The Morgan fingerprint density at radius 3 is 1.71 bits per heavy atom. The predicted molar refractivity (Wildman–Crippen MR) is 86.2 cm³/mol. The summed E-state index contributed by atoms with van der Waals surface area (Å²) in [5.41, 5.74) is 0. The molecule has 116 valence electrons. The van der Waals surface area contributed by atoms with Crippen LogP contribution in [0.5, 0.6) is 0 Å². The Morgan fingerprint density at radius 2 is 1.29 bits per heavy atom. The third-order valence-electron chi connectivity index (χ3n) is 4.70. The van der Waals surface area contributed by atoms with Crippen molar-refractivity contribution in [2.45, 2.75) is 64.5 Å². The van der Waals surface area contributed by atoms with Crippen LogP contribution in [-0.2, 0) is 0 Å². The van der Waals surface area contributed by atoms with Gasteiger partial charge < -0.3 is 9.80 Å². The highest BCUT2D eigenvalue weighted by Gasteiger charge is 2.25.